The molecule has 14 heavy (non-hydrogen) atoms. The summed E-state index contributed by atoms with van der Waals surface area (Å²) in [6, 6.07) is 0. The highest BCUT2D eigenvalue weighted by Crippen LogP contribution is 2.20. The molecule has 0 aromatic rings. The molecule has 0 spiro atoms. The van der Waals surface area contributed by atoms with E-state index in [1.54, 1.807) is 6.40 Å². The Hall–Kier alpha value is -0.830. The summed E-state index contributed by atoms with van der Waals surface area (Å²) in [5.74, 6) is 0. The van der Waals surface area contributed by atoms with Crippen molar-refractivity contribution in [3.63, 3.8) is 0 Å². The Bertz CT molecular complexity index is 307. The second kappa shape index (κ2) is 4.60. The molecule has 0 N–H and O–H groups in total. The molecule has 1 heterocycles. The zero-order chi connectivity index (χ0) is 11.4. The van der Waals surface area contributed by atoms with Crippen LogP contribution < -0.4 is 0 Å². The number of alkyl halides is 3. The summed E-state index contributed by atoms with van der Waals surface area (Å²) in [5, 5.41) is 0. The maximum atomic E-state index is 10.7. The molecular weight excluding hydrogens is 227 g/mol. The second-order valence-corrected chi connectivity index (χ2v) is 3.73. The molecule has 0 saturated carbocycles. The topological polar surface area (TPSA) is 69.4 Å². The van der Waals surface area contributed by atoms with Crippen LogP contribution in [0.4, 0.5) is 13.2 Å². The van der Waals surface area contributed by atoms with E-state index in [2.05, 4.69) is 0 Å². The summed E-state index contributed by atoms with van der Waals surface area (Å²) in [6.07, 6.45) is 1.74. The Morgan fingerprint density at radius 1 is 1.50 bits per heavy atom. The minimum absolute atomic E-state index is 0.858. The van der Waals surface area contributed by atoms with Crippen LogP contribution >= 0.6 is 0 Å². The molecule has 0 aliphatic carbocycles. The normalized spacial score (nSPS) is 16.5. The van der Waals surface area contributed by atoms with Gasteiger partial charge in [-0.1, -0.05) is 0 Å². The number of hydrogen-bond donors (Lipinski definition) is 0. The molecular formula is C5H8F3NO4S. The predicted molar refractivity (Wildman–Crippen MR) is 38.8 cm³/mol. The Balaban J connectivity index is 0.000000249. The number of nitrogens with zero attached hydrogens (tertiary/aromatic N) is 1. The van der Waals surface area contributed by atoms with Crippen LogP contribution in [0.2, 0.25) is 0 Å². The van der Waals surface area contributed by atoms with Gasteiger partial charge in [-0.15, -0.1) is 0 Å². The predicted octanol–water partition coefficient (Wildman–Crippen LogP) is -0.261. The highest BCUT2D eigenvalue weighted by atomic mass is 32.2. The lowest BCUT2D eigenvalue weighted by Crippen LogP contribution is -2.21. The summed E-state index contributed by atoms with van der Waals surface area (Å²) in [5.41, 5.74) is -5.65. The van der Waals surface area contributed by atoms with Crippen molar-refractivity contribution >= 4 is 16.5 Å². The minimum Gasteiger partial charge on any atom is -0.741 e. The van der Waals surface area contributed by atoms with Crippen LogP contribution in [0, 0.1) is 0 Å². The van der Waals surface area contributed by atoms with Gasteiger partial charge in [-0.05, 0) is 0 Å². The Morgan fingerprint density at radius 2 is 1.93 bits per heavy atom. The first-order chi connectivity index (χ1) is 6.14. The smallest absolute Gasteiger partial charge is 0.485 e. The maximum absolute atomic E-state index is 10.7. The molecule has 0 unspecified atom stereocenters. The molecule has 1 aliphatic rings. The van der Waals surface area contributed by atoms with Gasteiger partial charge in [0, 0.05) is 0 Å². The van der Waals surface area contributed by atoms with Gasteiger partial charge in [0.1, 0.15) is 7.05 Å². The van der Waals surface area contributed by atoms with Gasteiger partial charge >= 0.3 is 11.9 Å². The molecule has 0 atom stereocenters. The van der Waals surface area contributed by atoms with Crippen LogP contribution in [0.3, 0.4) is 0 Å². The maximum Gasteiger partial charge on any atom is 0.485 e. The first kappa shape index (κ1) is 13.2. The van der Waals surface area contributed by atoms with E-state index in [1.165, 1.54) is 0 Å². The Morgan fingerprint density at radius 3 is 2.00 bits per heavy atom. The van der Waals surface area contributed by atoms with Crippen LogP contribution in [0.25, 0.3) is 0 Å². The summed E-state index contributed by atoms with van der Waals surface area (Å²) >= 11 is 0. The van der Waals surface area contributed by atoms with Gasteiger partial charge in [-0.2, -0.15) is 13.2 Å². The van der Waals surface area contributed by atoms with E-state index in [1.807, 2.05) is 11.6 Å². The Labute approximate surface area is 78.5 Å². The number of rotatable bonds is 0. The minimum atomic E-state index is -6.09. The third kappa shape index (κ3) is 5.02. The van der Waals surface area contributed by atoms with Crippen molar-refractivity contribution in [2.45, 2.75) is 5.51 Å². The van der Waals surface area contributed by atoms with Gasteiger partial charge in [0.15, 0.2) is 23.3 Å². The van der Waals surface area contributed by atoms with Crippen LogP contribution in [0.1, 0.15) is 0 Å². The summed E-state index contributed by atoms with van der Waals surface area (Å²) in [4.78, 5) is 0. The largest absolute Gasteiger partial charge is 0.741 e. The van der Waals surface area contributed by atoms with E-state index in [-0.39, 0.29) is 0 Å². The van der Waals surface area contributed by atoms with Gasteiger partial charge < -0.3 is 9.29 Å². The fraction of sp³-hybridized carbons (Fsp3) is 0.800. The first-order valence-electron chi connectivity index (χ1n) is 3.32. The van der Waals surface area contributed by atoms with Gasteiger partial charge in [0.05, 0.1) is 0 Å². The molecule has 5 nitrogen and oxygen atoms in total. The number of ether oxygens (including phenoxy) is 1. The highest BCUT2D eigenvalue weighted by Gasteiger charge is 2.36. The van der Waals surface area contributed by atoms with Crippen molar-refractivity contribution in [3.8, 4) is 0 Å². The van der Waals surface area contributed by atoms with Crippen molar-refractivity contribution in [1.29, 1.82) is 0 Å². The van der Waals surface area contributed by atoms with Crippen molar-refractivity contribution in [1.82, 2.24) is 0 Å². The average molecular weight is 235 g/mol. The van der Waals surface area contributed by atoms with Crippen LogP contribution in [-0.2, 0) is 14.9 Å². The van der Waals surface area contributed by atoms with Crippen molar-refractivity contribution in [2.24, 2.45) is 0 Å². The van der Waals surface area contributed by atoms with Gasteiger partial charge in [0.25, 0.3) is 0 Å². The standard InChI is InChI=1S/C4H8NO.CHF3O3S/c1-5-2-3-6-4-5;2-1(3,4)8(5,6)7/h4H,2-3H2,1H3;(H,5,6,7)/q+1;/p-1. The molecule has 84 valence electrons. The third-order valence-electron chi connectivity index (χ3n) is 1.10. The van der Waals surface area contributed by atoms with Crippen molar-refractivity contribution in [3.05, 3.63) is 0 Å². The quantitative estimate of drug-likeness (QED) is 0.329. The summed E-state index contributed by atoms with van der Waals surface area (Å²) in [7, 11) is -4.10. The molecule has 0 bridgehead atoms. The van der Waals surface area contributed by atoms with E-state index in [0.29, 0.717) is 0 Å². The highest BCUT2D eigenvalue weighted by molar-refractivity contribution is 7.86. The monoisotopic (exact) mass is 235 g/mol. The molecule has 0 saturated heterocycles. The van der Waals surface area contributed by atoms with E-state index < -0.39 is 15.6 Å². The average Bonchev–Trinajstić information content (AvgIpc) is 2.35. The van der Waals surface area contributed by atoms with Crippen LogP contribution in [-0.4, -0.2) is 49.7 Å². The zero-order valence-electron chi connectivity index (χ0n) is 7.11. The van der Waals surface area contributed by atoms with Crippen LogP contribution in [0.15, 0.2) is 0 Å². The SMILES string of the molecule is C[N+]1=COCC1.O=S(=O)([O-])C(F)(F)F. The van der Waals surface area contributed by atoms with Crippen molar-refractivity contribution in [2.75, 3.05) is 20.2 Å². The molecule has 0 aromatic carbocycles. The third-order valence-corrected chi connectivity index (χ3v) is 1.67. The molecule has 0 amide bonds. The molecule has 0 radical (unpaired) electrons. The molecule has 1 aliphatic heterocycles. The fourth-order valence-corrected chi connectivity index (χ4v) is 0.429. The van der Waals surface area contributed by atoms with Gasteiger partial charge in [-0.3, -0.25) is 0 Å². The van der Waals surface area contributed by atoms with Gasteiger partial charge in [0.2, 0.25) is 0 Å². The lowest BCUT2D eigenvalue weighted by Gasteiger charge is -2.08. The lowest BCUT2D eigenvalue weighted by molar-refractivity contribution is -0.482. The van der Waals surface area contributed by atoms with Crippen LogP contribution in [0.5, 0.6) is 0 Å². The molecule has 9 heteroatoms. The molecule has 1 rings (SSSR count). The second-order valence-electron chi connectivity index (χ2n) is 2.36. The summed E-state index contributed by atoms with van der Waals surface area (Å²) < 4.78 is 65.8. The van der Waals surface area contributed by atoms with E-state index in [9.17, 15) is 13.2 Å². The lowest BCUT2D eigenvalue weighted by atomic mass is 10.7. The first-order valence-corrected chi connectivity index (χ1v) is 4.73. The number of likely N-dealkylation sites (N-methyl/N-ethyl adjacent to an activating group) is 1. The number of halogens is 3. The number of hydrogen-bond acceptors (Lipinski definition) is 4. The Kier molecular flexibility index (Phi) is 4.33. The zero-order valence-corrected chi connectivity index (χ0v) is 7.93. The fourth-order valence-electron chi connectivity index (χ4n) is 0.429. The molecule has 0 aromatic heterocycles. The van der Waals surface area contributed by atoms with E-state index in [0.717, 1.165) is 13.2 Å². The molecule has 0 fully saturated rings. The van der Waals surface area contributed by atoms with E-state index in [4.69, 9.17) is 17.7 Å². The summed E-state index contributed by atoms with van der Waals surface area (Å²) in [6.45, 7) is 1.90. The van der Waals surface area contributed by atoms with Gasteiger partial charge in [-0.25, -0.2) is 13.0 Å². The van der Waals surface area contributed by atoms with Crippen molar-refractivity contribution < 1.29 is 35.5 Å². The van der Waals surface area contributed by atoms with E-state index >= 15 is 0 Å².